The van der Waals surface area contributed by atoms with Crippen molar-refractivity contribution in [2.75, 3.05) is 20.8 Å². The Balaban J connectivity index is 3.13. The third-order valence-electron chi connectivity index (χ3n) is 2.28. The Morgan fingerprint density at radius 1 is 1.31 bits per heavy atom. The predicted octanol–water partition coefficient (Wildman–Crippen LogP) is 1.88. The van der Waals surface area contributed by atoms with E-state index in [0.717, 1.165) is 0 Å². The van der Waals surface area contributed by atoms with Gasteiger partial charge >= 0.3 is 0 Å². The molecule has 0 bridgehead atoms. The van der Waals surface area contributed by atoms with Crippen LogP contribution in [-0.2, 0) is 0 Å². The highest BCUT2D eigenvalue weighted by Gasteiger charge is 2.17. The molecule has 0 aliphatic heterocycles. The summed E-state index contributed by atoms with van der Waals surface area (Å²) in [5, 5.41) is 18.6. The number of hydrogen-bond acceptors (Lipinski definition) is 4. The first-order chi connectivity index (χ1) is 7.65. The number of ether oxygens (including phenoxy) is 2. The molecule has 5 heteroatoms. The van der Waals surface area contributed by atoms with E-state index in [2.05, 4.69) is 15.9 Å². The van der Waals surface area contributed by atoms with Gasteiger partial charge in [0, 0.05) is 13.0 Å². The fourth-order valence-electron chi connectivity index (χ4n) is 1.44. The second kappa shape index (κ2) is 6.08. The summed E-state index contributed by atoms with van der Waals surface area (Å²) in [7, 11) is 3.08. The van der Waals surface area contributed by atoms with Crippen molar-refractivity contribution in [1.82, 2.24) is 0 Å². The van der Waals surface area contributed by atoms with Gasteiger partial charge in [-0.3, -0.25) is 0 Å². The minimum atomic E-state index is -0.723. The van der Waals surface area contributed by atoms with Crippen molar-refractivity contribution in [3.05, 3.63) is 22.2 Å². The number of rotatable bonds is 5. The zero-order valence-electron chi connectivity index (χ0n) is 9.24. The molecule has 1 aromatic rings. The molecule has 16 heavy (non-hydrogen) atoms. The fraction of sp³-hybridized carbons (Fsp3) is 0.455. The Morgan fingerprint density at radius 3 is 2.50 bits per heavy atom. The van der Waals surface area contributed by atoms with E-state index >= 15 is 0 Å². The number of benzene rings is 1. The predicted molar refractivity (Wildman–Crippen MR) is 63.9 cm³/mol. The van der Waals surface area contributed by atoms with E-state index in [4.69, 9.17) is 14.6 Å². The number of aliphatic hydroxyl groups is 2. The fourth-order valence-corrected chi connectivity index (χ4v) is 2.19. The zero-order chi connectivity index (χ0) is 12.1. The molecule has 1 unspecified atom stereocenters. The summed E-state index contributed by atoms with van der Waals surface area (Å²) in [4.78, 5) is 0. The van der Waals surface area contributed by atoms with Gasteiger partial charge in [0.2, 0.25) is 0 Å². The Morgan fingerprint density at radius 2 is 2.00 bits per heavy atom. The SMILES string of the molecule is COc1ccc(C(O)CCO)c(Br)c1OC. The second-order valence-electron chi connectivity index (χ2n) is 3.23. The average molecular weight is 291 g/mol. The minimum absolute atomic E-state index is 0.0675. The minimum Gasteiger partial charge on any atom is -0.493 e. The summed E-state index contributed by atoms with van der Waals surface area (Å²) in [5.74, 6) is 1.13. The summed E-state index contributed by atoms with van der Waals surface area (Å²) in [6.07, 6.45) is -0.437. The standard InChI is InChI=1S/C11H15BrO4/c1-15-9-4-3-7(8(14)5-6-13)10(12)11(9)16-2/h3-4,8,13-14H,5-6H2,1-2H3. The Bertz CT molecular complexity index is 354. The lowest BCUT2D eigenvalue weighted by atomic mass is 10.1. The molecule has 90 valence electrons. The maximum absolute atomic E-state index is 9.80. The molecule has 0 saturated heterocycles. The Hall–Kier alpha value is -0.780. The smallest absolute Gasteiger partial charge is 0.175 e. The van der Waals surface area contributed by atoms with Gasteiger partial charge in [0.05, 0.1) is 24.8 Å². The summed E-state index contributed by atoms with van der Waals surface area (Å²) in [5.41, 5.74) is 0.673. The maximum atomic E-state index is 9.80. The van der Waals surface area contributed by atoms with Gasteiger partial charge in [-0.25, -0.2) is 0 Å². The summed E-state index contributed by atoms with van der Waals surface area (Å²) in [6.45, 7) is -0.0675. The molecule has 4 nitrogen and oxygen atoms in total. The summed E-state index contributed by atoms with van der Waals surface area (Å²) >= 11 is 3.36. The van der Waals surface area contributed by atoms with Gasteiger partial charge < -0.3 is 19.7 Å². The van der Waals surface area contributed by atoms with Crippen molar-refractivity contribution in [3.8, 4) is 11.5 Å². The molecule has 1 rings (SSSR count). The number of halogens is 1. The highest BCUT2D eigenvalue weighted by molar-refractivity contribution is 9.10. The van der Waals surface area contributed by atoms with Crippen molar-refractivity contribution in [2.45, 2.75) is 12.5 Å². The zero-order valence-corrected chi connectivity index (χ0v) is 10.8. The van der Waals surface area contributed by atoms with Crippen molar-refractivity contribution >= 4 is 15.9 Å². The third-order valence-corrected chi connectivity index (χ3v) is 3.09. The van der Waals surface area contributed by atoms with Crippen molar-refractivity contribution in [3.63, 3.8) is 0 Å². The van der Waals surface area contributed by atoms with Crippen LogP contribution >= 0.6 is 15.9 Å². The van der Waals surface area contributed by atoms with Crippen LogP contribution in [0.1, 0.15) is 18.1 Å². The first-order valence-corrected chi connectivity index (χ1v) is 5.64. The largest absolute Gasteiger partial charge is 0.493 e. The van der Waals surface area contributed by atoms with E-state index in [1.165, 1.54) is 7.11 Å². The van der Waals surface area contributed by atoms with Crippen molar-refractivity contribution in [2.24, 2.45) is 0 Å². The van der Waals surface area contributed by atoms with Gasteiger partial charge in [0.1, 0.15) is 0 Å². The van der Waals surface area contributed by atoms with Crippen LogP contribution in [0.2, 0.25) is 0 Å². The van der Waals surface area contributed by atoms with Crippen LogP contribution < -0.4 is 9.47 Å². The van der Waals surface area contributed by atoms with Crippen LogP contribution in [0.3, 0.4) is 0 Å². The molecule has 0 amide bonds. The molecule has 2 N–H and O–H groups in total. The van der Waals surface area contributed by atoms with Crippen molar-refractivity contribution in [1.29, 1.82) is 0 Å². The van der Waals surface area contributed by atoms with Gasteiger partial charge in [-0.15, -0.1) is 0 Å². The van der Waals surface area contributed by atoms with E-state index in [1.54, 1.807) is 19.2 Å². The van der Waals surface area contributed by atoms with Crippen LogP contribution in [0.4, 0.5) is 0 Å². The molecule has 0 fully saturated rings. The van der Waals surface area contributed by atoms with Gasteiger partial charge in [-0.1, -0.05) is 6.07 Å². The quantitative estimate of drug-likeness (QED) is 0.869. The maximum Gasteiger partial charge on any atom is 0.175 e. The van der Waals surface area contributed by atoms with Gasteiger partial charge in [-0.2, -0.15) is 0 Å². The second-order valence-corrected chi connectivity index (χ2v) is 4.03. The first kappa shape index (κ1) is 13.3. The van der Waals surface area contributed by atoms with Gasteiger partial charge in [-0.05, 0) is 27.6 Å². The van der Waals surface area contributed by atoms with Crippen LogP contribution in [-0.4, -0.2) is 31.0 Å². The van der Waals surface area contributed by atoms with Crippen LogP contribution in [0.15, 0.2) is 16.6 Å². The monoisotopic (exact) mass is 290 g/mol. The Kier molecular flexibility index (Phi) is 5.05. The van der Waals surface area contributed by atoms with E-state index < -0.39 is 6.10 Å². The summed E-state index contributed by atoms with van der Waals surface area (Å²) in [6, 6.07) is 3.46. The lowest BCUT2D eigenvalue weighted by Crippen LogP contribution is -2.03. The molecule has 0 spiro atoms. The molecular weight excluding hydrogens is 276 g/mol. The summed E-state index contributed by atoms with van der Waals surface area (Å²) < 4.78 is 11.0. The molecular formula is C11H15BrO4. The van der Waals surface area contributed by atoms with Gasteiger partial charge in [0.15, 0.2) is 11.5 Å². The van der Waals surface area contributed by atoms with E-state index in [9.17, 15) is 5.11 Å². The third kappa shape index (κ3) is 2.66. The van der Waals surface area contributed by atoms with Crippen LogP contribution in [0.5, 0.6) is 11.5 Å². The number of methoxy groups -OCH3 is 2. The number of aliphatic hydroxyl groups excluding tert-OH is 2. The van der Waals surface area contributed by atoms with E-state index in [-0.39, 0.29) is 13.0 Å². The first-order valence-electron chi connectivity index (χ1n) is 4.85. The molecule has 0 heterocycles. The molecule has 1 atom stereocenters. The lowest BCUT2D eigenvalue weighted by Gasteiger charge is -2.16. The Labute approximate surface area is 103 Å². The lowest BCUT2D eigenvalue weighted by molar-refractivity contribution is 0.133. The number of hydrogen-bond donors (Lipinski definition) is 2. The van der Waals surface area contributed by atoms with Crippen molar-refractivity contribution < 1.29 is 19.7 Å². The van der Waals surface area contributed by atoms with E-state index in [0.29, 0.717) is 21.5 Å². The van der Waals surface area contributed by atoms with Crippen LogP contribution in [0, 0.1) is 0 Å². The normalized spacial score (nSPS) is 12.3. The highest BCUT2D eigenvalue weighted by atomic mass is 79.9. The molecule has 0 aliphatic carbocycles. The van der Waals surface area contributed by atoms with E-state index in [1.807, 2.05) is 0 Å². The molecule has 0 aliphatic rings. The average Bonchev–Trinajstić information content (AvgIpc) is 2.28. The highest BCUT2D eigenvalue weighted by Crippen LogP contribution is 2.40. The van der Waals surface area contributed by atoms with Crippen LogP contribution in [0.25, 0.3) is 0 Å². The molecule has 1 aromatic carbocycles. The van der Waals surface area contributed by atoms with Gasteiger partial charge in [0.25, 0.3) is 0 Å². The topological polar surface area (TPSA) is 58.9 Å². The molecule has 0 radical (unpaired) electrons. The molecule has 0 aromatic heterocycles. The molecule has 0 saturated carbocycles.